The Bertz CT molecular complexity index is 579. The zero-order valence-corrected chi connectivity index (χ0v) is 11.4. The highest BCUT2D eigenvalue weighted by Gasteiger charge is 2.08. The fourth-order valence-electron chi connectivity index (χ4n) is 1.77. The summed E-state index contributed by atoms with van der Waals surface area (Å²) in [4.78, 5) is 14.8. The van der Waals surface area contributed by atoms with Crippen molar-refractivity contribution in [3.63, 3.8) is 0 Å². The number of carbonyl (C=O) groups excluding carboxylic acids is 1. The average Bonchev–Trinajstić information content (AvgIpc) is 2.82. The van der Waals surface area contributed by atoms with Crippen LogP contribution < -0.4 is 16.4 Å². The molecule has 0 spiro atoms. The first-order valence-corrected chi connectivity index (χ1v) is 6.23. The molecule has 1 atom stereocenters. The number of urea groups is 1. The molecular formula is C13H17N5O2. The van der Waals surface area contributed by atoms with Gasteiger partial charge in [-0.15, -0.1) is 0 Å². The van der Waals surface area contributed by atoms with Crippen LogP contribution in [-0.2, 0) is 6.54 Å². The number of nitrogens with one attached hydrogen (secondary N) is 2. The van der Waals surface area contributed by atoms with Crippen molar-refractivity contribution in [1.29, 1.82) is 0 Å². The number of carbonyl (C=O) groups is 1. The molecule has 106 valence electrons. The van der Waals surface area contributed by atoms with Crippen molar-refractivity contribution >= 4 is 11.7 Å². The number of hydrogen-bond acceptors (Lipinski definition) is 5. The van der Waals surface area contributed by atoms with Crippen LogP contribution in [0, 0.1) is 6.92 Å². The normalized spacial score (nSPS) is 12.1. The van der Waals surface area contributed by atoms with E-state index in [1.165, 1.54) is 0 Å². The predicted octanol–water partition coefficient (Wildman–Crippen LogP) is 1.72. The molecule has 0 aliphatic rings. The Morgan fingerprint density at radius 2 is 2.10 bits per heavy atom. The topological polar surface area (TPSA) is 106 Å². The number of aromatic nitrogens is 2. The van der Waals surface area contributed by atoms with Gasteiger partial charge in [0.1, 0.15) is 0 Å². The number of rotatable bonds is 5. The van der Waals surface area contributed by atoms with Crippen LogP contribution in [0.25, 0.3) is 0 Å². The van der Waals surface area contributed by atoms with E-state index in [0.717, 1.165) is 5.56 Å². The Balaban J connectivity index is 1.91. The zero-order chi connectivity index (χ0) is 14.5. The molecule has 1 heterocycles. The van der Waals surface area contributed by atoms with E-state index in [4.69, 9.17) is 10.3 Å². The Hall–Kier alpha value is -2.41. The van der Waals surface area contributed by atoms with Gasteiger partial charge in [-0.3, -0.25) is 0 Å². The molecule has 1 unspecified atom stereocenters. The summed E-state index contributed by atoms with van der Waals surface area (Å²) in [6.45, 7) is 4.31. The molecule has 0 bridgehead atoms. The number of primary amides is 1. The fraction of sp³-hybridized carbons (Fsp3) is 0.308. The molecule has 7 heteroatoms. The molecule has 2 amide bonds. The van der Waals surface area contributed by atoms with Crippen molar-refractivity contribution in [1.82, 2.24) is 15.5 Å². The van der Waals surface area contributed by atoms with Crippen LogP contribution in [-0.4, -0.2) is 16.2 Å². The molecule has 2 aromatic rings. The quantitative estimate of drug-likeness (QED) is 0.770. The average molecular weight is 275 g/mol. The summed E-state index contributed by atoms with van der Waals surface area (Å²) in [7, 11) is 0. The highest BCUT2D eigenvalue weighted by molar-refractivity contribution is 5.87. The molecule has 20 heavy (non-hydrogen) atoms. The lowest BCUT2D eigenvalue weighted by Gasteiger charge is -2.13. The zero-order valence-electron chi connectivity index (χ0n) is 11.4. The highest BCUT2D eigenvalue weighted by atomic mass is 16.5. The smallest absolute Gasteiger partial charge is 0.316 e. The van der Waals surface area contributed by atoms with Crippen LogP contribution in [0.5, 0.6) is 0 Å². The number of amides is 2. The van der Waals surface area contributed by atoms with Crippen LogP contribution in [0.4, 0.5) is 10.5 Å². The maximum absolute atomic E-state index is 10.7. The van der Waals surface area contributed by atoms with Crippen molar-refractivity contribution in [2.24, 2.45) is 5.73 Å². The number of aryl methyl sites for hydroxylation is 1. The van der Waals surface area contributed by atoms with E-state index in [2.05, 4.69) is 20.8 Å². The Morgan fingerprint density at radius 1 is 1.40 bits per heavy atom. The Kier molecular flexibility index (Phi) is 4.31. The molecule has 0 aliphatic heterocycles. The van der Waals surface area contributed by atoms with Crippen LogP contribution in [0.3, 0.4) is 0 Å². The minimum absolute atomic E-state index is 0.122. The van der Waals surface area contributed by atoms with Crippen LogP contribution >= 0.6 is 0 Å². The summed E-state index contributed by atoms with van der Waals surface area (Å²) in [5.74, 6) is 1.18. The third kappa shape index (κ3) is 3.79. The van der Waals surface area contributed by atoms with Gasteiger partial charge in [-0.05, 0) is 24.6 Å². The largest absolute Gasteiger partial charge is 0.351 e. The first kappa shape index (κ1) is 14.0. The van der Waals surface area contributed by atoms with E-state index < -0.39 is 6.03 Å². The molecule has 4 N–H and O–H groups in total. The number of nitrogens with zero attached hydrogens (tertiary/aromatic N) is 2. The highest BCUT2D eigenvalue weighted by Crippen LogP contribution is 2.16. The third-order valence-electron chi connectivity index (χ3n) is 2.81. The van der Waals surface area contributed by atoms with E-state index >= 15 is 0 Å². The van der Waals surface area contributed by atoms with E-state index in [0.29, 0.717) is 23.9 Å². The van der Waals surface area contributed by atoms with Gasteiger partial charge >= 0.3 is 6.03 Å². The molecule has 0 saturated carbocycles. The summed E-state index contributed by atoms with van der Waals surface area (Å²) in [5.41, 5.74) is 6.80. The van der Waals surface area contributed by atoms with Crippen molar-refractivity contribution in [2.45, 2.75) is 26.4 Å². The second kappa shape index (κ2) is 6.16. The molecule has 1 aromatic carbocycles. The monoisotopic (exact) mass is 275 g/mol. The van der Waals surface area contributed by atoms with Crippen LogP contribution in [0.1, 0.15) is 30.2 Å². The second-order valence-electron chi connectivity index (χ2n) is 4.44. The molecule has 2 rings (SSSR count). The van der Waals surface area contributed by atoms with Gasteiger partial charge in [-0.2, -0.15) is 4.98 Å². The Morgan fingerprint density at radius 3 is 2.65 bits per heavy atom. The summed E-state index contributed by atoms with van der Waals surface area (Å²) in [6, 6.07) is 7.00. The first-order chi connectivity index (χ1) is 9.54. The van der Waals surface area contributed by atoms with Crippen molar-refractivity contribution in [3.8, 4) is 0 Å². The van der Waals surface area contributed by atoms with Gasteiger partial charge in [0.15, 0.2) is 5.82 Å². The van der Waals surface area contributed by atoms with Crippen molar-refractivity contribution in [2.75, 3.05) is 5.32 Å². The van der Waals surface area contributed by atoms with Gasteiger partial charge in [-0.25, -0.2) is 4.79 Å². The molecule has 0 aliphatic carbocycles. The third-order valence-corrected chi connectivity index (χ3v) is 2.81. The SMILES string of the molecule is Cc1nc(CNC(C)c2ccc(NC(N)=O)cc2)no1. The van der Waals surface area contributed by atoms with E-state index in [-0.39, 0.29) is 6.04 Å². The van der Waals surface area contributed by atoms with Gasteiger partial charge in [-0.1, -0.05) is 17.3 Å². The summed E-state index contributed by atoms with van der Waals surface area (Å²) in [5, 5.41) is 9.63. The molecule has 0 fully saturated rings. The standard InChI is InChI=1S/C13H17N5O2/c1-8(15-7-12-16-9(2)20-18-12)10-3-5-11(6-4-10)17-13(14)19/h3-6,8,15H,7H2,1-2H3,(H3,14,17,19). The molecule has 0 saturated heterocycles. The minimum Gasteiger partial charge on any atom is -0.351 e. The number of hydrogen-bond donors (Lipinski definition) is 3. The van der Waals surface area contributed by atoms with Gasteiger partial charge in [0.2, 0.25) is 5.89 Å². The molecule has 1 aromatic heterocycles. The van der Waals surface area contributed by atoms with Gasteiger partial charge in [0.05, 0.1) is 6.54 Å². The van der Waals surface area contributed by atoms with E-state index in [9.17, 15) is 4.79 Å². The van der Waals surface area contributed by atoms with Gasteiger partial charge < -0.3 is 20.9 Å². The summed E-state index contributed by atoms with van der Waals surface area (Å²) in [6.07, 6.45) is 0. The minimum atomic E-state index is -0.573. The van der Waals surface area contributed by atoms with Crippen molar-refractivity contribution in [3.05, 3.63) is 41.5 Å². The lowest BCUT2D eigenvalue weighted by Crippen LogP contribution is -2.20. The maximum atomic E-state index is 10.7. The van der Waals surface area contributed by atoms with Crippen LogP contribution in [0.15, 0.2) is 28.8 Å². The number of nitrogens with two attached hydrogens (primary N) is 1. The van der Waals surface area contributed by atoms with E-state index in [1.807, 2.05) is 19.1 Å². The summed E-state index contributed by atoms with van der Waals surface area (Å²) < 4.78 is 4.90. The summed E-state index contributed by atoms with van der Waals surface area (Å²) >= 11 is 0. The van der Waals surface area contributed by atoms with Gasteiger partial charge in [0, 0.05) is 18.7 Å². The fourth-order valence-corrected chi connectivity index (χ4v) is 1.77. The Labute approximate surface area is 116 Å². The van der Waals surface area contributed by atoms with Crippen LogP contribution in [0.2, 0.25) is 0 Å². The van der Waals surface area contributed by atoms with Crippen molar-refractivity contribution < 1.29 is 9.32 Å². The number of benzene rings is 1. The van der Waals surface area contributed by atoms with E-state index in [1.54, 1.807) is 19.1 Å². The maximum Gasteiger partial charge on any atom is 0.316 e. The molecule has 7 nitrogen and oxygen atoms in total. The van der Waals surface area contributed by atoms with Gasteiger partial charge in [0.25, 0.3) is 0 Å². The molecular weight excluding hydrogens is 258 g/mol. The lowest BCUT2D eigenvalue weighted by atomic mass is 10.1. The second-order valence-corrected chi connectivity index (χ2v) is 4.44. The number of anilines is 1. The molecule has 0 radical (unpaired) electrons. The first-order valence-electron chi connectivity index (χ1n) is 6.23. The predicted molar refractivity (Wildman–Crippen MR) is 73.9 cm³/mol. The lowest BCUT2D eigenvalue weighted by molar-refractivity contribution is 0.259.